The summed E-state index contributed by atoms with van der Waals surface area (Å²) in [7, 11) is 0. The van der Waals surface area contributed by atoms with E-state index in [1.54, 1.807) is 5.56 Å². The maximum absolute atomic E-state index is 3.46. The predicted molar refractivity (Wildman–Crippen MR) is 68.0 cm³/mol. The smallest absolute Gasteiger partial charge is 0.0398 e. The molecule has 0 radical (unpaired) electrons. The molecule has 1 unspecified atom stereocenters. The number of benzene rings is 1. The second-order valence-electron chi connectivity index (χ2n) is 5.04. The molecule has 2 aliphatic rings. The van der Waals surface area contributed by atoms with Gasteiger partial charge in [0.05, 0.1) is 0 Å². The Morgan fingerprint density at radius 3 is 3.12 bits per heavy atom. The first-order valence-corrected chi connectivity index (χ1v) is 6.47. The van der Waals surface area contributed by atoms with Gasteiger partial charge >= 0.3 is 0 Å². The normalized spacial score (nSPS) is 24.5. The van der Waals surface area contributed by atoms with Crippen LogP contribution in [0.2, 0.25) is 0 Å². The molecule has 0 spiro atoms. The maximum atomic E-state index is 3.46. The third-order valence-corrected chi connectivity index (χ3v) is 3.85. The topological polar surface area (TPSA) is 15.3 Å². The zero-order valence-corrected chi connectivity index (χ0v) is 9.78. The molecule has 1 atom stereocenters. The van der Waals surface area contributed by atoms with E-state index in [1.807, 2.05) is 0 Å². The molecule has 86 valence electrons. The van der Waals surface area contributed by atoms with Crippen LogP contribution < -0.4 is 10.2 Å². The van der Waals surface area contributed by atoms with E-state index in [-0.39, 0.29) is 0 Å². The van der Waals surface area contributed by atoms with Crippen LogP contribution in [0.25, 0.3) is 0 Å². The summed E-state index contributed by atoms with van der Waals surface area (Å²) in [6.45, 7) is 4.90. The van der Waals surface area contributed by atoms with Crippen molar-refractivity contribution in [3.63, 3.8) is 0 Å². The summed E-state index contributed by atoms with van der Waals surface area (Å²) in [6.07, 6.45) is 3.92. The Balaban J connectivity index is 1.76. The number of hydrogen-bond acceptors (Lipinski definition) is 2. The summed E-state index contributed by atoms with van der Waals surface area (Å²) in [5, 5.41) is 3.46. The molecule has 2 heteroatoms. The lowest BCUT2D eigenvalue weighted by atomic mass is 10.00. The van der Waals surface area contributed by atoms with Crippen LogP contribution in [0.4, 0.5) is 5.69 Å². The fourth-order valence-corrected chi connectivity index (χ4v) is 2.98. The molecule has 1 aromatic carbocycles. The molecule has 0 aromatic heterocycles. The Morgan fingerprint density at radius 1 is 1.31 bits per heavy atom. The van der Waals surface area contributed by atoms with Crippen LogP contribution >= 0.6 is 0 Å². The number of rotatable bonds is 2. The molecule has 1 aromatic rings. The molecule has 2 heterocycles. The minimum absolute atomic E-state index is 0.853. The Morgan fingerprint density at radius 2 is 2.25 bits per heavy atom. The van der Waals surface area contributed by atoms with E-state index in [9.17, 15) is 0 Å². The van der Waals surface area contributed by atoms with E-state index >= 15 is 0 Å². The van der Waals surface area contributed by atoms with Crippen molar-refractivity contribution in [3.8, 4) is 0 Å². The van der Waals surface area contributed by atoms with Gasteiger partial charge in [0.25, 0.3) is 0 Å². The standard InChI is InChI=1S/C14H20N2/c1-2-6-14-13(4-1)5-3-9-16(14)11-12-7-8-15-10-12/h1-2,4,6,12,15H,3,5,7-11H2. The highest BCUT2D eigenvalue weighted by atomic mass is 15.1. The van der Waals surface area contributed by atoms with Crippen LogP contribution in [-0.2, 0) is 6.42 Å². The van der Waals surface area contributed by atoms with E-state index in [0.717, 1.165) is 5.92 Å². The number of nitrogens with zero attached hydrogens (tertiary/aromatic N) is 1. The summed E-state index contributed by atoms with van der Waals surface area (Å²) in [5.74, 6) is 0.853. The van der Waals surface area contributed by atoms with Gasteiger partial charge in [0.1, 0.15) is 0 Å². The molecule has 1 fully saturated rings. The molecule has 2 nitrogen and oxygen atoms in total. The molecular weight excluding hydrogens is 196 g/mol. The van der Waals surface area contributed by atoms with Crippen molar-refractivity contribution in [3.05, 3.63) is 29.8 Å². The van der Waals surface area contributed by atoms with Gasteiger partial charge in [-0.05, 0) is 49.9 Å². The average molecular weight is 216 g/mol. The number of aryl methyl sites for hydroxylation is 1. The lowest BCUT2D eigenvalue weighted by Gasteiger charge is -2.33. The fourth-order valence-electron chi connectivity index (χ4n) is 2.98. The van der Waals surface area contributed by atoms with Gasteiger partial charge in [-0.1, -0.05) is 18.2 Å². The summed E-state index contributed by atoms with van der Waals surface area (Å²) in [4.78, 5) is 2.59. The number of nitrogens with one attached hydrogen (secondary N) is 1. The van der Waals surface area contributed by atoms with Crippen molar-refractivity contribution in [2.75, 3.05) is 31.1 Å². The van der Waals surface area contributed by atoms with Gasteiger partial charge in [-0.25, -0.2) is 0 Å². The van der Waals surface area contributed by atoms with Gasteiger partial charge in [0, 0.05) is 18.8 Å². The SMILES string of the molecule is c1ccc2c(c1)CCCN2CC1CCNC1. The minimum atomic E-state index is 0.853. The van der Waals surface area contributed by atoms with Gasteiger partial charge in [-0.15, -0.1) is 0 Å². The van der Waals surface area contributed by atoms with Gasteiger partial charge < -0.3 is 10.2 Å². The Labute approximate surface area is 97.6 Å². The van der Waals surface area contributed by atoms with E-state index in [1.165, 1.54) is 51.1 Å². The molecule has 2 aliphatic heterocycles. The Kier molecular flexibility index (Phi) is 2.83. The van der Waals surface area contributed by atoms with Crippen LogP contribution in [0.15, 0.2) is 24.3 Å². The van der Waals surface area contributed by atoms with Crippen LogP contribution in [0.5, 0.6) is 0 Å². The largest absolute Gasteiger partial charge is 0.371 e. The predicted octanol–water partition coefficient (Wildman–Crippen LogP) is 2.05. The highest BCUT2D eigenvalue weighted by molar-refractivity contribution is 5.55. The van der Waals surface area contributed by atoms with Crippen molar-refractivity contribution >= 4 is 5.69 Å². The van der Waals surface area contributed by atoms with Gasteiger partial charge in [0.2, 0.25) is 0 Å². The lowest BCUT2D eigenvalue weighted by Crippen LogP contribution is -2.34. The van der Waals surface area contributed by atoms with Crippen molar-refractivity contribution in [2.45, 2.75) is 19.3 Å². The molecule has 0 bridgehead atoms. The third-order valence-electron chi connectivity index (χ3n) is 3.85. The van der Waals surface area contributed by atoms with E-state index in [0.29, 0.717) is 0 Å². The molecule has 0 saturated carbocycles. The number of anilines is 1. The second-order valence-corrected chi connectivity index (χ2v) is 5.04. The van der Waals surface area contributed by atoms with Crippen LogP contribution in [0.3, 0.4) is 0 Å². The average Bonchev–Trinajstić information content (AvgIpc) is 2.82. The van der Waals surface area contributed by atoms with Crippen molar-refractivity contribution in [2.24, 2.45) is 5.92 Å². The molecule has 1 saturated heterocycles. The molecule has 1 N–H and O–H groups in total. The summed E-state index contributed by atoms with van der Waals surface area (Å²) in [5.41, 5.74) is 3.03. The van der Waals surface area contributed by atoms with Gasteiger partial charge in [-0.3, -0.25) is 0 Å². The first-order chi connectivity index (χ1) is 7.93. The van der Waals surface area contributed by atoms with E-state index in [4.69, 9.17) is 0 Å². The molecular formula is C14H20N2. The highest BCUT2D eigenvalue weighted by Gasteiger charge is 2.21. The third kappa shape index (κ3) is 1.94. The van der Waals surface area contributed by atoms with Crippen molar-refractivity contribution in [1.82, 2.24) is 5.32 Å². The monoisotopic (exact) mass is 216 g/mol. The Hall–Kier alpha value is -1.02. The Bertz CT molecular complexity index is 356. The summed E-state index contributed by atoms with van der Waals surface area (Å²) in [6, 6.07) is 8.91. The van der Waals surface area contributed by atoms with Crippen LogP contribution in [0, 0.1) is 5.92 Å². The molecule has 3 rings (SSSR count). The zero-order valence-electron chi connectivity index (χ0n) is 9.78. The van der Waals surface area contributed by atoms with E-state index < -0.39 is 0 Å². The van der Waals surface area contributed by atoms with Crippen LogP contribution in [0.1, 0.15) is 18.4 Å². The molecule has 0 amide bonds. The minimum Gasteiger partial charge on any atom is -0.371 e. The fraction of sp³-hybridized carbons (Fsp3) is 0.571. The second kappa shape index (κ2) is 4.46. The van der Waals surface area contributed by atoms with Gasteiger partial charge in [0.15, 0.2) is 0 Å². The van der Waals surface area contributed by atoms with E-state index in [2.05, 4.69) is 34.5 Å². The quantitative estimate of drug-likeness (QED) is 0.814. The molecule has 0 aliphatic carbocycles. The van der Waals surface area contributed by atoms with Crippen molar-refractivity contribution in [1.29, 1.82) is 0 Å². The lowest BCUT2D eigenvalue weighted by molar-refractivity contribution is 0.544. The number of hydrogen-bond donors (Lipinski definition) is 1. The zero-order chi connectivity index (χ0) is 10.8. The first-order valence-electron chi connectivity index (χ1n) is 6.47. The van der Waals surface area contributed by atoms with Crippen LogP contribution in [-0.4, -0.2) is 26.2 Å². The maximum Gasteiger partial charge on any atom is 0.0398 e. The first kappa shape index (κ1) is 10.2. The number of fused-ring (bicyclic) bond motifs is 1. The highest BCUT2D eigenvalue weighted by Crippen LogP contribution is 2.27. The summed E-state index contributed by atoms with van der Waals surface area (Å²) < 4.78 is 0. The summed E-state index contributed by atoms with van der Waals surface area (Å²) >= 11 is 0. The molecule has 16 heavy (non-hydrogen) atoms. The van der Waals surface area contributed by atoms with Gasteiger partial charge in [-0.2, -0.15) is 0 Å². The number of para-hydroxylation sites is 1. The van der Waals surface area contributed by atoms with Crippen molar-refractivity contribution < 1.29 is 0 Å².